The Labute approximate surface area is 123 Å². The summed E-state index contributed by atoms with van der Waals surface area (Å²) in [6, 6.07) is 7.45. The molecule has 1 N–H and O–H groups in total. The van der Waals surface area contributed by atoms with Gasteiger partial charge in [0.2, 0.25) is 0 Å². The quantitative estimate of drug-likeness (QED) is 0.878. The van der Waals surface area contributed by atoms with E-state index in [4.69, 9.17) is 4.74 Å². The zero-order chi connectivity index (χ0) is 15.4. The molecule has 2 rings (SSSR count). The smallest absolute Gasteiger partial charge is 0.358 e. The van der Waals surface area contributed by atoms with Crippen LogP contribution in [0.4, 0.5) is 5.69 Å². The Bertz CT molecular complexity index is 645. The van der Waals surface area contributed by atoms with Crippen molar-refractivity contribution in [1.82, 2.24) is 10.2 Å². The van der Waals surface area contributed by atoms with Gasteiger partial charge < -0.3 is 14.7 Å². The average molecular weight is 289 g/mol. The van der Waals surface area contributed by atoms with E-state index in [-0.39, 0.29) is 11.7 Å². The number of carboxylic acids is 1. The number of benzene rings is 1. The number of aromatic carboxylic acids is 1. The maximum absolute atomic E-state index is 11.5. The summed E-state index contributed by atoms with van der Waals surface area (Å²) in [5.74, 6) is -1.08. The van der Waals surface area contributed by atoms with Gasteiger partial charge in [-0.2, -0.15) is 0 Å². The van der Waals surface area contributed by atoms with E-state index in [1.54, 1.807) is 7.11 Å². The first-order valence-corrected chi connectivity index (χ1v) is 6.84. The second-order valence-electron chi connectivity index (χ2n) is 4.81. The number of ether oxygens (including phenoxy) is 1. The Kier molecular flexibility index (Phi) is 4.70. The number of anilines is 1. The fraction of sp³-hybridized carbons (Fsp3) is 0.400. The molecule has 0 radical (unpaired) electrons. The van der Waals surface area contributed by atoms with Crippen molar-refractivity contribution in [2.75, 3.05) is 25.2 Å². The number of carbonyl (C=O) groups is 1. The van der Waals surface area contributed by atoms with E-state index in [1.807, 2.05) is 43.0 Å². The third-order valence-electron chi connectivity index (χ3n) is 3.41. The molecule has 1 unspecified atom stereocenters. The maximum atomic E-state index is 11.5. The first-order chi connectivity index (χ1) is 10.1. The summed E-state index contributed by atoms with van der Waals surface area (Å²) >= 11 is 0. The molecule has 0 amide bonds. The molecule has 0 saturated heterocycles. The van der Waals surface area contributed by atoms with Crippen LogP contribution in [0.25, 0.3) is 10.9 Å². The fourth-order valence-corrected chi connectivity index (χ4v) is 2.50. The fourth-order valence-electron chi connectivity index (χ4n) is 2.50. The molecular weight excluding hydrogens is 270 g/mol. The zero-order valence-electron chi connectivity index (χ0n) is 12.4. The summed E-state index contributed by atoms with van der Waals surface area (Å²) < 4.78 is 5.20. The van der Waals surface area contributed by atoms with Crippen LogP contribution in [-0.2, 0) is 4.74 Å². The largest absolute Gasteiger partial charge is 0.476 e. The van der Waals surface area contributed by atoms with Crippen molar-refractivity contribution in [2.45, 2.75) is 19.9 Å². The first-order valence-electron chi connectivity index (χ1n) is 6.84. The van der Waals surface area contributed by atoms with E-state index in [2.05, 4.69) is 10.2 Å². The second-order valence-corrected chi connectivity index (χ2v) is 4.81. The summed E-state index contributed by atoms with van der Waals surface area (Å²) in [4.78, 5) is 13.5. The topological polar surface area (TPSA) is 75.6 Å². The molecule has 0 aliphatic heterocycles. The number of methoxy groups -OCH3 is 1. The highest BCUT2D eigenvalue weighted by molar-refractivity contribution is 6.02. The van der Waals surface area contributed by atoms with Crippen LogP contribution in [0.1, 0.15) is 24.3 Å². The highest BCUT2D eigenvalue weighted by atomic mass is 16.5. The van der Waals surface area contributed by atoms with Gasteiger partial charge in [-0.3, -0.25) is 0 Å². The molecule has 1 heterocycles. The van der Waals surface area contributed by atoms with Crippen molar-refractivity contribution in [2.24, 2.45) is 0 Å². The predicted octanol–water partition coefficient (Wildman–Crippen LogP) is 2.19. The van der Waals surface area contributed by atoms with Crippen LogP contribution in [0.15, 0.2) is 24.3 Å². The predicted molar refractivity (Wildman–Crippen MR) is 80.9 cm³/mol. The first kappa shape index (κ1) is 15.2. The summed E-state index contributed by atoms with van der Waals surface area (Å²) in [7, 11) is 1.63. The highest BCUT2D eigenvalue weighted by Gasteiger charge is 2.24. The summed E-state index contributed by atoms with van der Waals surface area (Å²) in [6.45, 7) is 5.13. The number of likely N-dealkylation sites (N-methyl/N-ethyl adjacent to an activating group) is 1. The van der Waals surface area contributed by atoms with Crippen LogP contribution in [0.3, 0.4) is 0 Å². The van der Waals surface area contributed by atoms with Crippen LogP contribution in [0.2, 0.25) is 0 Å². The van der Waals surface area contributed by atoms with E-state index in [9.17, 15) is 9.90 Å². The zero-order valence-corrected chi connectivity index (χ0v) is 12.4. The maximum Gasteiger partial charge on any atom is 0.358 e. The number of hydrogen-bond donors (Lipinski definition) is 1. The lowest BCUT2D eigenvalue weighted by atomic mass is 10.1. The molecule has 0 bridgehead atoms. The van der Waals surface area contributed by atoms with Crippen molar-refractivity contribution in [3.8, 4) is 0 Å². The minimum Gasteiger partial charge on any atom is -0.476 e. The number of carboxylic acid groups (broad SMARTS) is 1. The molecule has 1 atom stereocenters. The molecule has 0 saturated carbocycles. The van der Waals surface area contributed by atoms with Crippen molar-refractivity contribution in [1.29, 1.82) is 0 Å². The van der Waals surface area contributed by atoms with E-state index in [0.29, 0.717) is 24.4 Å². The minimum absolute atomic E-state index is 0.0292. The standard InChI is InChI=1S/C15H19N3O3/c1-4-18(10(2)9-21-3)14-11-7-5-6-8-12(11)16-17-13(14)15(19)20/h5-8,10H,4,9H2,1-3H3,(H,19,20). The Balaban J connectivity index is 2.67. The van der Waals surface area contributed by atoms with Crippen LogP contribution in [0, 0.1) is 0 Å². The molecular formula is C15H19N3O3. The Hall–Kier alpha value is -2.21. The van der Waals surface area contributed by atoms with Gasteiger partial charge in [-0.1, -0.05) is 18.2 Å². The number of rotatable bonds is 6. The summed E-state index contributed by atoms with van der Waals surface area (Å²) in [5, 5.41) is 18.1. The summed E-state index contributed by atoms with van der Waals surface area (Å²) in [5.41, 5.74) is 1.25. The molecule has 0 fully saturated rings. The van der Waals surface area contributed by atoms with Crippen molar-refractivity contribution >= 4 is 22.6 Å². The molecule has 112 valence electrons. The Morgan fingerprint density at radius 1 is 1.38 bits per heavy atom. The van der Waals surface area contributed by atoms with Crippen LogP contribution < -0.4 is 4.90 Å². The van der Waals surface area contributed by atoms with E-state index < -0.39 is 5.97 Å². The van der Waals surface area contributed by atoms with Gasteiger partial charge in [0.15, 0.2) is 5.69 Å². The van der Waals surface area contributed by atoms with Gasteiger partial charge in [-0.05, 0) is 19.9 Å². The van der Waals surface area contributed by atoms with Gasteiger partial charge >= 0.3 is 5.97 Å². The number of aromatic nitrogens is 2. The summed E-state index contributed by atoms with van der Waals surface area (Å²) in [6.07, 6.45) is 0. The Morgan fingerprint density at radius 3 is 2.71 bits per heavy atom. The molecule has 0 aliphatic rings. The number of hydrogen-bond acceptors (Lipinski definition) is 5. The van der Waals surface area contributed by atoms with E-state index in [0.717, 1.165) is 5.39 Å². The average Bonchev–Trinajstić information content (AvgIpc) is 2.48. The minimum atomic E-state index is -1.08. The lowest BCUT2D eigenvalue weighted by Gasteiger charge is -2.31. The number of nitrogens with zero attached hydrogens (tertiary/aromatic N) is 3. The third kappa shape index (κ3) is 2.95. The van der Waals surface area contributed by atoms with Crippen molar-refractivity contribution in [3.63, 3.8) is 0 Å². The Morgan fingerprint density at radius 2 is 2.10 bits per heavy atom. The molecule has 0 aliphatic carbocycles. The molecule has 1 aromatic heterocycles. The van der Waals surface area contributed by atoms with Crippen molar-refractivity contribution in [3.05, 3.63) is 30.0 Å². The molecule has 6 heteroatoms. The van der Waals surface area contributed by atoms with Gasteiger partial charge in [-0.15, -0.1) is 10.2 Å². The van der Waals surface area contributed by atoms with Gasteiger partial charge in [0.05, 0.1) is 17.8 Å². The molecule has 1 aromatic carbocycles. The van der Waals surface area contributed by atoms with Gasteiger partial charge in [0.25, 0.3) is 0 Å². The highest BCUT2D eigenvalue weighted by Crippen LogP contribution is 2.29. The third-order valence-corrected chi connectivity index (χ3v) is 3.41. The SMILES string of the molecule is CCN(c1c(C(=O)O)nnc2ccccc12)C(C)COC. The molecule has 0 spiro atoms. The number of fused-ring (bicyclic) bond motifs is 1. The van der Waals surface area contributed by atoms with Gasteiger partial charge in [-0.25, -0.2) is 4.79 Å². The molecule has 2 aromatic rings. The van der Waals surface area contributed by atoms with Gasteiger partial charge in [0.1, 0.15) is 0 Å². The van der Waals surface area contributed by atoms with Crippen LogP contribution in [0.5, 0.6) is 0 Å². The van der Waals surface area contributed by atoms with Gasteiger partial charge in [0, 0.05) is 25.1 Å². The lowest BCUT2D eigenvalue weighted by Crippen LogP contribution is -2.37. The van der Waals surface area contributed by atoms with Crippen LogP contribution >= 0.6 is 0 Å². The van der Waals surface area contributed by atoms with Crippen molar-refractivity contribution < 1.29 is 14.6 Å². The monoisotopic (exact) mass is 289 g/mol. The normalized spacial score (nSPS) is 12.3. The van der Waals surface area contributed by atoms with E-state index in [1.165, 1.54) is 0 Å². The molecule has 21 heavy (non-hydrogen) atoms. The van der Waals surface area contributed by atoms with E-state index >= 15 is 0 Å². The lowest BCUT2D eigenvalue weighted by molar-refractivity contribution is 0.0690. The molecule has 6 nitrogen and oxygen atoms in total. The van der Waals surface area contributed by atoms with Crippen LogP contribution in [-0.4, -0.2) is 47.6 Å². The second kappa shape index (κ2) is 6.49.